The van der Waals surface area contributed by atoms with Gasteiger partial charge in [0.2, 0.25) is 5.88 Å². The first-order valence-electron chi connectivity index (χ1n) is 7.42. The number of nitrogens with one attached hydrogen (secondary N) is 1. The lowest BCUT2D eigenvalue weighted by atomic mass is 10.1. The van der Waals surface area contributed by atoms with E-state index in [9.17, 15) is 0 Å². The fourth-order valence-electron chi connectivity index (χ4n) is 2.67. The molecule has 3 rings (SSSR count). The van der Waals surface area contributed by atoms with Gasteiger partial charge >= 0.3 is 0 Å². The molecule has 5 nitrogen and oxygen atoms in total. The molecule has 1 aromatic heterocycles. The number of rotatable bonds is 4. The predicted molar refractivity (Wildman–Crippen MR) is 88.2 cm³/mol. The third-order valence-corrected chi connectivity index (χ3v) is 3.81. The molecule has 0 amide bonds. The van der Waals surface area contributed by atoms with E-state index in [1.807, 2.05) is 12.1 Å². The summed E-state index contributed by atoms with van der Waals surface area (Å²) in [5, 5.41) is 3.15. The molecule has 114 valence electrons. The van der Waals surface area contributed by atoms with Crippen LogP contribution < -0.4 is 15.8 Å². The van der Waals surface area contributed by atoms with E-state index in [0.29, 0.717) is 18.4 Å². The Bertz CT molecular complexity index is 697. The Morgan fingerprint density at radius 1 is 1.27 bits per heavy atom. The fraction of sp³-hybridized carbons (Fsp3) is 0.294. The highest BCUT2D eigenvalue weighted by molar-refractivity contribution is 5.92. The lowest BCUT2D eigenvalue weighted by Crippen LogP contribution is -2.22. The molecule has 2 aromatic rings. The van der Waals surface area contributed by atoms with Gasteiger partial charge in [-0.2, -0.15) is 0 Å². The number of benzene rings is 1. The number of anilines is 1. The summed E-state index contributed by atoms with van der Waals surface area (Å²) in [5.41, 5.74) is 10.8. The second-order valence-electron chi connectivity index (χ2n) is 5.37. The Hall–Kier alpha value is -2.56. The van der Waals surface area contributed by atoms with E-state index in [2.05, 4.69) is 33.5 Å². The maximum atomic E-state index is 5.96. The molecule has 1 aliphatic carbocycles. The van der Waals surface area contributed by atoms with Crippen LogP contribution in [-0.2, 0) is 19.4 Å². The zero-order valence-electron chi connectivity index (χ0n) is 12.7. The molecular weight excluding hydrogens is 276 g/mol. The molecule has 0 spiro atoms. The van der Waals surface area contributed by atoms with Crippen LogP contribution in [0.2, 0.25) is 0 Å². The smallest absolute Gasteiger partial charge is 0.213 e. The highest BCUT2D eigenvalue weighted by Crippen LogP contribution is 2.24. The van der Waals surface area contributed by atoms with Crippen LogP contribution in [0.4, 0.5) is 5.69 Å². The second kappa shape index (κ2) is 6.47. The van der Waals surface area contributed by atoms with Crippen molar-refractivity contribution in [2.45, 2.75) is 25.8 Å². The number of nitrogens with zero attached hydrogens (tertiary/aromatic N) is 2. The number of hydrogen-bond donors (Lipinski definition) is 2. The van der Waals surface area contributed by atoms with Crippen molar-refractivity contribution in [2.75, 3.05) is 12.4 Å². The van der Waals surface area contributed by atoms with Crippen molar-refractivity contribution in [3.05, 3.63) is 53.2 Å². The Morgan fingerprint density at radius 3 is 3.00 bits per heavy atom. The van der Waals surface area contributed by atoms with Gasteiger partial charge in [0.1, 0.15) is 0 Å². The third-order valence-electron chi connectivity index (χ3n) is 3.81. The molecule has 0 atom stereocenters. The molecule has 5 heteroatoms. The van der Waals surface area contributed by atoms with E-state index in [-0.39, 0.29) is 0 Å². The van der Waals surface area contributed by atoms with Crippen LogP contribution in [0.15, 0.2) is 41.5 Å². The first-order valence-corrected chi connectivity index (χ1v) is 7.42. The van der Waals surface area contributed by atoms with E-state index < -0.39 is 0 Å². The minimum atomic E-state index is 0.411. The number of aromatic nitrogens is 1. The molecule has 0 aliphatic heterocycles. The van der Waals surface area contributed by atoms with Crippen molar-refractivity contribution in [2.24, 2.45) is 10.7 Å². The van der Waals surface area contributed by atoms with Crippen LogP contribution in [0.25, 0.3) is 0 Å². The lowest BCUT2D eigenvalue weighted by molar-refractivity contribution is 0.397. The summed E-state index contributed by atoms with van der Waals surface area (Å²) in [5.74, 6) is 0.992. The van der Waals surface area contributed by atoms with Gasteiger partial charge in [-0.25, -0.2) is 9.98 Å². The Morgan fingerprint density at radius 2 is 2.14 bits per heavy atom. The number of fused-ring (bicyclic) bond motifs is 1. The summed E-state index contributed by atoms with van der Waals surface area (Å²) in [6.45, 7) is 0.489. The third kappa shape index (κ3) is 3.36. The van der Waals surface area contributed by atoms with Crippen LogP contribution in [0.5, 0.6) is 5.88 Å². The van der Waals surface area contributed by atoms with Crippen LogP contribution >= 0.6 is 0 Å². The van der Waals surface area contributed by atoms with Gasteiger partial charge in [0, 0.05) is 18.0 Å². The molecule has 1 aromatic carbocycles. The van der Waals surface area contributed by atoms with Gasteiger partial charge in [-0.15, -0.1) is 0 Å². The van der Waals surface area contributed by atoms with Crippen molar-refractivity contribution in [1.82, 2.24) is 4.98 Å². The number of guanidine groups is 1. The van der Waals surface area contributed by atoms with Gasteiger partial charge in [-0.3, -0.25) is 0 Å². The summed E-state index contributed by atoms with van der Waals surface area (Å²) < 4.78 is 5.09. The molecule has 22 heavy (non-hydrogen) atoms. The number of nitrogens with two attached hydrogens (primary N) is 1. The molecular formula is C17H20N4O. The summed E-state index contributed by atoms with van der Waals surface area (Å²) in [7, 11) is 1.60. The average Bonchev–Trinajstić information content (AvgIpc) is 3.01. The monoisotopic (exact) mass is 296 g/mol. The second-order valence-corrected chi connectivity index (χ2v) is 5.37. The minimum Gasteiger partial charge on any atom is -0.481 e. The van der Waals surface area contributed by atoms with Crippen molar-refractivity contribution >= 4 is 11.6 Å². The van der Waals surface area contributed by atoms with Gasteiger partial charge < -0.3 is 15.8 Å². The highest BCUT2D eigenvalue weighted by Gasteiger charge is 2.10. The minimum absolute atomic E-state index is 0.411. The number of aryl methyl sites for hydroxylation is 2. The molecule has 0 radical (unpaired) electrons. The number of aliphatic imine (C=N–C) groups is 1. The molecule has 0 bridgehead atoms. The molecule has 0 saturated carbocycles. The maximum Gasteiger partial charge on any atom is 0.213 e. The normalized spacial score (nSPS) is 13.8. The number of hydrogen-bond acceptors (Lipinski definition) is 3. The van der Waals surface area contributed by atoms with E-state index >= 15 is 0 Å². The van der Waals surface area contributed by atoms with E-state index in [1.165, 1.54) is 24.0 Å². The predicted octanol–water partition coefficient (Wildman–Crippen LogP) is 2.51. The SMILES string of the molecule is COc1cc(CN=C(N)Nc2ccc3c(c2)CCC3)ccn1. The summed E-state index contributed by atoms with van der Waals surface area (Å²) >= 11 is 0. The molecule has 3 N–H and O–H groups in total. The first kappa shape index (κ1) is 14.4. The van der Waals surface area contributed by atoms with Crippen LogP contribution in [0.1, 0.15) is 23.1 Å². The molecule has 0 fully saturated rings. The Labute approximate surface area is 130 Å². The lowest BCUT2D eigenvalue weighted by Gasteiger charge is -2.08. The largest absolute Gasteiger partial charge is 0.481 e. The number of ether oxygens (including phenoxy) is 1. The van der Waals surface area contributed by atoms with Crippen molar-refractivity contribution in [1.29, 1.82) is 0 Å². The molecule has 1 aliphatic rings. The van der Waals surface area contributed by atoms with Crippen LogP contribution in [0.3, 0.4) is 0 Å². The van der Waals surface area contributed by atoms with Crippen molar-refractivity contribution in [3.8, 4) is 5.88 Å². The van der Waals surface area contributed by atoms with E-state index in [1.54, 1.807) is 13.3 Å². The maximum absolute atomic E-state index is 5.96. The molecule has 0 unspecified atom stereocenters. The molecule has 1 heterocycles. The van der Waals surface area contributed by atoms with E-state index in [0.717, 1.165) is 17.7 Å². The number of pyridine rings is 1. The standard InChI is InChI=1S/C17H20N4O/c1-22-16-9-12(7-8-19-16)11-20-17(18)21-15-6-5-13-3-2-4-14(13)10-15/h5-10H,2-4,11H2,1H3,(H3,18,20,21). The summed E-state index contributed by atoms with van der Waals surface area (Å²) in [6.07, 6.45) is 5.28. The van der Waals surface area contributed by atoms with Gasteiger partial charge in [-0.05, 0) is 54.2 Å². The van der Waals surface area contributed by atoms with Gasteiger partial charge in [0.05, 0.1) is 13.7 Å². The quantitative estimate of drug-likeness (QED) is 0.671. The van der Waals surface area contributed by atoms with Crippen LogP contribution in [0, 0.1) is 0 Å². The summed E-state index contributed by atoms with van der Waals surface area (Å²) in [4.78, 5) is 8.43. The fourth-order valence-corrected chi connectivity index (χ4v) is 2.67. The van der Waals surface area contributed by atoms with E-state index in [4.69, 9.17) is 10.5 Å². The average molecular weight is 296 g/mol. The molecule has 0 saturated heterocycles. The van der Waals surface area contributed by atoms with Gasteiger partial charge in [0.25, 0.3) is 0 Å². The summed E-state index contributed by atoms with van der Waals surface area (Å²) in [6, 6.07) is 10.1. The Balaban J connectivity index is 1.64. The zero-order chi connectivity index (χ0) is 15.4. The van der Waals surface area contributed by atoms with Crippen molar-refractivity contribution < 1.29 is 4.74 Å². The van der Waals surface area contributed by atoms with Gasteiger partial charge in [-0.1, -0.05) is 6.07 Å². The topological polar surface area (TPSA) is 72.5 Å². The van der Waals surface area contributed by atoms with Crippen molar-refractivity contribution in [3.63, 3.8) is 0 Å². The zero-order valence-corrected chi connectivity index (χ0v) is 12.7. The first-order chi connectivity index (χ1) is 10.7. The van der Waals surface area contributed by atoms with Gasteiger partial charge in [0.15, 0.2) is 5.96 Å². The van der Waals surface area contributed by atoms with Crippen LogP contribution in [-0.4, -0.2) is 18.1 Å². The number of methoxy groups -OCH3 is 1. The highest BCUT2D eigenvalue weighted by atomic mass is 16.5. The Kier molecular flexibility index (Phi) is 4.23.